The van der Waals surface area contributed by atoms with Gasteiger partial charge in [-0.1, -0.05) is 54.6 Å². The lowest BCUT2D eigenvalue weighted by Gasteiger charge is -2.32. The summed E-state index contributed by atoms with van der Waals surface area (Å²) in [6.07, 6.45) is 2.02. The van der Waals surface area contributed by atoms with E-state index in [4.69, 9.17) is 0 Å². The molecule has 0 radical (unpaired) electrons. The van der Waals surface area contributed by atoms with Gasteiger partial charge in [-0.25, -0.2) is 13.1 Å². The molecule has 1 atom stereocenters. The van der Waals surface area contributed by atoms with Crippen molar-refractivity contribution in [2.75, 3.05) is 31.5 Å². The molecule has 2 aliphatic rings. The third kappa shape index (κ3) is 5.22. The first-order valence-electron chi connectivity index (χ1n) is 12.3. The van der Waals surface area contributed by atoms with Crippen molar-refractivity contribution < 1.29 is 18.0 Å². The number of sulfonamides is 1. The van der Waals surface area contributed by atoms with Gasteiger partial charge in [0.25, 0.3) is 0 Å². The Balaban J connectivity index is 1.07. The Morgan fingerprint density at radius 1 is 0.944 bits per heavy atom. The first-order valence-corrected chi connectivity index (χ1v) is 13.8. The van der Waals surface area contributed by atoms with E-state index in [0.717, 1.165) is 16.6 Å². The minimum absolute atomic E-state index is 0.0360. The smallest absolute Gasteiger partial charge is 0.243 e. The summed E-state index contributed by atoms with van der Waals surface area (Å²) in [7, 11) is -3.65. The van der Waals surface area contributed by atoms with Crippen molar-refractivity contribution >= 4 is 38.3 Å². The zero-order valence-corrected chi connectivity index (χ0v) is 20.8. The van der Waals surface area contributed by atoms with E-state index in [-0.39, 0.29) is 35.2 Å². The number of piperidine rings is 1. The molecule has 3 aromatic rings. The first kappa shape index (κ1) is 24.3. The zero-order chi connectivity index (χ0) is 25.1. The van der Waals surface area contributed by atoms with Gasteiger partial charge in [-0.3, -0.25) is 9.59 Å². The quantitative estimate of drug-likeness (QED) is 0.457. The van der Waals surface area contributed by atoms with Gasteiger partial charge >= 0.3 is 0 Å². The fourth-order valence-electron chi connectivity index (χ4n) is 4.98. The Kier molecular flexibility index (Phi) is 6.93. The highest BCUT2D eigenvalue weighted by molar-refractivity contribution is 7.89. The monoisotopic (exact) mass is 506 g/mol. The van der Waals surface area contributed by atoms with Gasteiger partial charge in [-0.2, -0.15) is 0 Å². The summed E-state index contributed by atoms with van der Waals surface area (Å²) in [5.41, 5.74) is 2.06. The normalized spacial score (nSPS) is 18.0. The second-order valence-electron chi connectivity index (χ2n) is 9.43. The number of carbonyl (C=O) groups excluding carboxylic acids is 2. The maximum atomic E-state index is 13.0. The van der Waals surface area contributed by atoms with Gasteiger partial charge in [0.2, 0.25) is 21.8 Å². The number of carbonyl (C=O) groups is 2. The fourth-order valence-corrected chi connectivity index (χ4v) is 6.32. The molecule has 0 saturated carbocycles. The molecule has 8 nitrogen and oxygen atoms in total. The van der Waals surface area contributed by atoms with E-state index in [1.165, 1.54) is 0 Å². The van der Waals surface area contributed by atoms with Gasteiger partial charge < -0.3 is 15.5 Å². The number of nitrogens with zero attached hydrogens (tertiary/aromatic N) is 1. The van der Waals surface area contributed by atoms with E-state index in [2.05, 4.69) is 15.4 Å². The van der Waals surface area contributed by atoms with Crippen molar-refractivity contribution in [2.24, 2.45) is 5.92 Å². The number of rotatable bonds is 7. The first-order chi connectivity index (χ1) is 17.4. The minimum atomic E-state index is -3.65. The molecule has 0 aliphatic carbocycles. The maximum absolute atomic E-state index is 13.0. The molecule has 1 saturated heterocycles. The molecule has 3 aromatic carbocycles. The molecule has 9 heteroatoms. The van der Waals surface area contributed by atoms with Crippen molar-refractivity contribution in [3.8, 4) is 0 Å². The molecule has 2 heterocycles. The van der Waals surface area contributed by atoms with E-state index >= 15 is 0 Å². The number of anilines is 1. The van der Waals surface area contributed by atoms with Crippen LogP contribution in [0.15, 0.2) is 71.6 Å². The van der Waals surface area contributed by atoms with E-state index in [9.17, 15) is 18.0 Å². The Hall–Kier alpha value is -3.43. The van der Waals surface area contributed by atoms with Gasteiger partial charge in [0.05, 0.1) is 11.4 Å². The predicted molar refractivity (Wildman–Crippen MR) is 139 cm³/mol. The number of hydrogen-bond acceptors (Lipinski definition) is 5. The molecular formula is C27H30N4O4S. The SMILES string of the molecule is O=C(NCC(=O)N1CCC(CNS(=O)(=O)c2cccc3ccccc23)CC1)C1Cc2ccccc2N1. The van der Waals surface area contributed by atoms with Crippen LogP contribution in [0, 0.1) is 5.92 Å². The minimum Gasteiger partial charge on any atom is -0.373 e. The Bertz CT molecular complexity index is 1350. The van der Waals surface area contributed by atoms with E-state index < -0.39 is 10.0 Å². The average Bonchev–Trinajstić information content (AvgIpc) is 3.35. The van der Waals surface area contributed by atoms with Gasteiger partial charge in [-0.05, 0) is 41.8 Å². The molecule has 1 fully saturated rings. The van der Waals surface area contributed by atoms with Crippen LogP contribution >= 0.6 is 0 Å². The number of nitrogens with one attached hydrogen (secondary N) is 3. The highest BCUT2D eigenvalue weighted by Crippen LogP contribution is 2.25. The molecule has 5 rings (SSSR count). The lowest BCUT2D eigenvalue weighted by Crippen LogP contribution is -2.47. The maximum Gasteiger partial charge on any atom is 0.243 e. The van der Waals surface area contributed by atoms with E-state index in [0.29, 0.717) is 44.3 Å². The second kappa shape index (κ2) is 10.3. The van der Waals surface area contributed by atoms with Crippen LogP contribution in [0.2, 0.25) is 0 Å². The molecule has 2 aliphatic heterocycles. The van der Waals surface area contributed by atoms with Gasteiger partial charge in [0.1, 0.15) is 6.04 Å². The Morgan fingerprint density at radius 2 is 1.67 bits per heavy atom. The molecular weight excluding hydrogens is 476 g/mol. The van der Waals surface area contributed by atoms with Crippen LogP contribution in [0.25, 0.3) is 10.8 Å². The zero-order valence-electron chi connectivity index (χ0n) is 19.9. The second-order valence-corrected chi connectivity index (χ2v) is 11.2. The van der Waals surface area contributed by atoms with Crippen molar-refractivity contribution in [3.05, 3.63) is 72.3 Å². The number of amides is 2. The molecule has 188 valence electrons. The van der Waals surface area contributed by atoms with Gasteiger partial charge in [0.15, 0.2) is 0 Å². The highest BCUT2D eigenvalue weighted by atomic mass is 32.2. The van der Waals surface area contributed by atoms with Crippen LogP contribution < -0.4 is 15.4 Å². The van der Waals surface area contributed by atoms with Crippen LogP contribution in [0.4, 0.5) is 5.69 Å². The molecule has 2 amide bonds. The largest absolute Gasteiger partial charge is 0.373 e. The van der Waals surface area contributed by atoms with E-state index in [1.54, 1.807) is 17.0 Å². The van der Waals surface area contributed by atoms with E-state index in [1.807, 2.05) is 54.6 Å². The van der Waals surface area contributed by atoms with Gasteiger partial charge in [-0.15, -0.1) is 0 Å². The number of hydrogen-bond donors (Lipinski definition) is 3. The van der Waals surface area contributed by atoms with Crippen LogP contribution in [-0.2, 0) is 26.0 Å². The van der Waals surface area contributed by atoms with Crippen molar-refractivity contribution in [1.82, 2.24) is 14.9 Å². The number of para-hydroxylation sites is 1. The van der Waals surface area contributed by atoms with Crippen LogP contribution in [0.1, 0.15) is 18.4 Å². The van der Waals surface area contributed by atoms with Crippen LogP contribution in [0.5, 0.6) is 0 Å². The van der Waals surface area contributed by atoms with Gasteiger partial charge in [0, 0.05) is 37.1 Å². The predicted octanol–water partition coefficient (Wildman–Crippen LogP) is 2.51. The van der Waals surface area contributed by atoms with Crippen molar-refractivity contribution in [2.45, 2.75) is 30.2 Å². The van der Waals surface area contributed by atoms with Crippen LogP contribution in [-0.4, -0.2) is 57.4 Å². The lowest BCUT2D eigenvalue weighted by atomic mass is 9.97. The third-order valence-corrected chi connectivity index (χ3v) is 8.55. The lowest BCUT2D eigenvalue weighted by molar-refractivity contribution is -0.134. The summed E-state index contributed by atoms with van der Waals surface area (Å²) in [6, 6.07) is 20.1. The number of fused-ring (bicyclic) bond motifs is 2. The molecule has 3 N–H and O–H groups in total. The Morgan fingerprint density at radius 3 is 2.47 bits per heavy atom. The fraction of sp³-hybridized carbons (Fsp3) is 0.333. The molecule has 0 aromatic heterocycles. The third-order valence-electron chi connectivity index (χ3n) is 7.07. The number of likely N-dealkylation sites (tertiary alicyclic amines) is 1. The summed E-state index contributed by atoms with van der Waals surface area (Å²) in [6.45, 7) is 1.38. The summed E-state index contributed by atoms with van der Waals surface area (Å²) in [5, 5.41) is 7.54. The summed E-state index contributed by atoms with van der Waals surface area (Å²) in [5.74, 6) is -0.152. The van der Waals surface area contributed by atoms with Crippen molar-refractivity contribution in [1.29, 1.82) is 0 Å². The standard InChI is InChI=1S/C27H30N4O4S/c32-26(18-28-27(33)24-16-21-7-2-4-10-23(21)30-24)31-14-12-19(13-15-31)17-29-36(34,35)25-11-5-8-20-6-1-3-9-22(20)25/h1-11,19,24,29-30H,12-18H2,(H,28,33). The van der Waals surface area contributed by atoms with Crippen LogP contribution in [0.3, 0.4) is 0 Å². The molecule has 0 bridgehead atoms. The molecule has 0 spiro atoms. The highest BCUT2D eigenvalue weighted by Gasteiger charge is 2.28. The summed E-state index contributed by atoms with van der Waals surface area (Å²) in [4.78, 5) is 27.2. The number of benzene rings is 3. The summed E-state index contributed by atoms with van der Waals surface area (Å²) >= 11 is 0. The topological polar surface area (TPSA) is 108 Å². The average molecular weight is 507 g/mol. The summed E-state index contributed by atoms with van der Waals surface area (Å²) < 4.78 is 28.7. The van der Waals surface area contributed by atoms with Crippen molar-refractivity contribution in [3.63, 3.8) is 0 Å². The Labute approximate surface area is 211 Å². The molecule has 1 unspecified atom stereocenters. The molecule has 36 heavy (non-hydrogen) atoms.